The largest absolute Gasteiger partial charge is 0.388 e. The van der Waals surface area contributed by atoms with Crippen LogP contribution in [0.2, 0.25) is 0 Å². The standard InChI is InChI=1S/C29H30FN5O2/c1-19-15-24(19)28(36)34-13-10-29(37,11-14-34)18-35-26-9-8-23(32-22-6-4-21(30)5-7-22)16-25(26)27(33-35)20-3-2-12-31-17-20/h2-9,12,16-17,19,24,32,37H,10-11,13-15,18H2,1H3/t19-,24+/m1/s1. The molecule has 8 heteroatoms. The number of likely N-dealkylation sites (tertiary alicyclic amines) is 1. The molecular weight excluding hydrogens is 469 g/mol. The van der Waals surface area contributed by atoms with Crippen molar-refractivity contribution in [3.8, 4) is 11.3 Å². The number of aromatic nitrogens is 3. The molecule has 1 amide bonds. The van der Waals surface area contributed by atoms with Crippen LogP contribution >= 0.6 is 0 Å². The molecule has 3 heterocycles. The van der Waals surface area contributed by atoms with Gasteiger partial charge in [-0.25, -0.2) is 4.39 Å². The number of fused-ring (bicyclic) bond motifs is 1. The lowest BCUT2D eigenvalue weighted by Crippen LogP contribution is -2.49. The third-order valence-corrected chi connectivity index (χ3v) is 7.69. The van der Waals surface area contributed by atoms with Gasteiger partial charge in [-0.1, -0.05) is 6.92 Å². The number of nitrogens with one attached hydrogen (secondary N) is 1. The Morgan fingerprint density at radius 3 is 2.54 bits per heavy atom. The lowest BCUT2D eigenvalue weighted by atomic mass is 9.91. The van der Waals surface area contributed by atoms with Crippen LogP contribution in [0, 0.1) is 17.7 Å². The number of carbonyl (C=O) groups is 1. The molecule has 0 radical (unpaired) electrons. The van der Waals surface area contributed by atoms with Crippen molar-refractivity contribution in [1.29, 1.82) is 0 Å². The number of aliphatic hydroxyl groups is 1. The Morgan fingerprint density at radius 1 is 1.14 bits per heavy atom. The molecule has 1 aliphatic carbocycles. The van der Waals surface area contributed by atoms with Crippen molar-refractivity contribution in [3.63, 3.8) is 0 Å². The highest BCUT2D eigenvalue weighted by Crippen LogP contribution is 2.40. The number of pyridine rings is 1. The van der Waals surface area contributed by atoms with Crippen molar-refractivity contribution in [3.05, 3.63) is 72.8 Å². The van der Waals surface area contributed by atoms with Gasteiger partial charge in [0.05, 0.1) is 17.7 Å². The molecule has 2 aromatic heterocycles. The molecule has 2 aliphatic rings. The second-order valence-electron chi connectivity index (χ2n) is 10.5. The molecule has 1 saturated heterocycles. The highest BCUT2D eigenvalue weighted by molar-refractivity contribution is 5.95. The Kier molecular flexibility index (Phi) is 5.91. The molecule has 0 unspecified atom stereocenters. The summed E-state index contributed by atoms with van der Waals surface area (Å²) in [4.78, 5) is 18.8. The second kappa shape index (κ2) is 9.27. The lowest BCUT2D eigenvalue weighted by molar-refractivity contribution is -0.137. The summed E-state index contributed by atoms with van der Waals surface area (Å²) in [6.45, 7) is 3.60. The van der Waals surface area contributed by atoms with E-state index in [9.17, 15) is 14.3 Å². The Labute approximate surface area is 214 Å². The molecule has 2 fully saturated rings. The quantitative estimate of drug-likeness (QED) is 0.391. The molecule has 2 N–H and O–H groups in total. The van der Waals surface area contributed by atoms with Crippen molar-refractivity contribution in [2.45, 2.75) is 38.3 Å². The number of amides is 1. The number of halogens is 1. The van der Waals surface area contributed by atoms with E-state index in [0.29, 0.717) is 38.4 Å². The van der Waals surface area contributed by atoms with Crippen LogP contribution in [0.5, 0.6) is 0 Å². The first-order chi connectivity index (χ1) is 17.9. The van der Waals surface area contributed by atoms with E-state index >= 15 is 0 Å². The van der Waals surface area contributed by atoms with Crippen LogP contribution in [0.15, 0.2) is 67.0 Å². The first-order valence-electron chi connectivity index (χ1n) is 12.8. The Bertz CT molecular complexity index is 1430. The topological polar surface area (TPSA) is 83.3 Å². The average Bonchev–Trinajstić information content (AvgIpc) is 3.54. The molecule has 190 valence electrons. The summed E-state index contributed by atoms with van der Waals surface area (Å²) in [5, 5.41) is 20.7. The Balaban J connectivity index is 1.28. The molecular formula is C29H30FN5O2. The second-order valence-corrected chi connectivity index (χ2v) is 10.5. The van der Waals surface area contributed by atoms with Crippen LogP contribution in [0.1, 0.15) is 26.2 Å². The molecule has 2 aromatic carbocycles. The van der Waals surface area contributed by atoms with Gasteiger partial charge in [-0.3, -0.25) is 14.5 Å². The minimum atomic E-state index is -0.942. The maximum atomic E-state index is 13.3. The van der Waals surface area contributed by atoms with E-state index in [2.05, 4.69) is 17.2 Å². The van der Waals surface area contributed by atoms with Gasteiger partial charge >= 0.3 is 0 Å². The van der Waals surface area contributed by atoms with Gasteiger partial charge in [0.1, 0.15) is 11.5 Å². The summed E-state index contributed by atoms with van der Waals surface area (Å²) in [5.74, 6) is 0.605. The van der Waals surface area contributed by atoms with Crippen LogP contribution in [0.4, 0.5) is 15.8 Å². The highest BCUT2D eigenvalue weighted by Gasteiger charge is 2.44. The number of nitrogens with zero attached hydrogens (tertiary/aromatic N) is 4. The molecule has 1 aliphatic heterocycles. The smallest absolute Gasteiger partial charge is 0.225 e. The fraction of sp³-hybridized carbons (Fsp3) is 0.345. The van der Waals surface area contributed by atoms with E-state index in [4.69, 9.17) is 5.10 Å². The van der Waals surface area contributed by atoms with Gasteiger partial charge in [0.2, 0.25) is 5.91 Å². The molecule has 0 spiro atoms. The average molecular weight is 500 g/mol. The Morgan fingerprint density at radius 2 is 1.86 bits per heavy atom. The molecule has 4 aromatic rings. The number of anilines is 2. The van der Waals surface area contributed by atoms with Crippen LogP contribution in [0.25, 0.3) is 22.2 Å². The summed E-state index contributed by atoms with van der Waals surface area (Å²) < 4.78 is 15.2. The maximum absolute atomic E-state index is 13.3. The Hall–Kier alpha value is -3.78. The zero-order chi connectivity index (χ0) is 25.6. The normalized spacial score (nSPS) is 20.7. The molecule has 7 nitrogen and oxygen atoms in total. The van der Waals surface area contributed by atoms with Crippen LogP contribution < -0.4 is 5.32 Å². The van der Waals surface area contributed by atoms with Crippen molar-refractivity contribution >= 4 is 28.2 Å². The van der Waals surface area contributed by atoms with E-state index in [1.165, 1.54) is 12.1 Å². The third kappa shape index (κ3) is 4.81. The molecule has 2 atom stereocenters. The van der Waals surface area contributed by atoms with Gasteiger partial charge in [0.25, 0.3) is 0 Å². The molecule has 6 rings (SSSR count). The number of carbonyl (C=O) groups excluding carboxylic acids is 1. The number of hydrogen-bond donors (Lipinski definition) is 2. The number of hydrogen-bond acceptors (Lipinski definition) is 5. The molecule has 1 saturated carbocycles. The highest BCUT2D eigenvalue weighted by atomic mass is 19.1. The SMILES string of the molecule is C[C@@H]1C[C@@H]1C(=O)N1CCC(O)(Cn2nc(-c3cccnc3)c3cc(Nc4ccc(F)cc4)ccc32)CC1. The number of rotatable bonds is 6. The summed E-state index contributed by atoms with van der Waals surface area (Å²) >= 11 is 0. The van der Waals surface area contributed by atoms with E-state index in [1.807, 2.05) is 39.9 Å². The predicted octanol–water partition coefficient (Wildman–Crippen LogP) is 4.99. The monoisotopic (exact) mass is 499 g/mol. The zero-order valence-electron chi connectivity index (χ0n) is 20.8. The molecule has 0 bridgehead atoms. The van der Waals surface area contributed by atoms with Gasteiger partial charge in [-0.2, -0.15) is 5.10 Å². The van der Waals surface area contributed by atoms with E-state index in [1.54, 1.807) is 24.5 Å². The fourth-order valence-electron chi connectivity index (χ4n) is 5.27. The van der Waals surface area contributed by atoms with Crippen LogP contribution in [-0.2, 0) is 11.3 Å². The summed E-state index contributed by atoms with van der Waals surface area (Å²) in [6, 6.07) is 16.0. The summed E-state index contributed by atoms with van der Waals surface area (Å²) in [7, 11) is 0. The van der Waals surface area contributed by atoms with Gasteiger partial charge in [-0.05, 0) is 79.8 Å². The predicted molar refractivity (Wildman–Crippen MR) is 141 cm³/mol. The van der Waals surface area contributed by atoms with Gasteiger partial charge in [0, 0.05) is 53.7 Å². The first kappa shape index (κ1) is 23.6. The van der Waals surface area contributed by atoms with E-state index in [-0.39, 0.29) is 17.6 Å². The van der Waals surface area contributed by atoms with Crippen molar-refractivity contribution in [1.82, 2.24) is 19.7 Å². The summed E-state index contributed by atoms with van der Waals surface area (Å²) in [6.07, 6.45) is 5.53. The van der Waals surface area contributed by atoms with E-state index in [0.717, 1.165) is 40.0 Å². The van der Waals surface area contributed by atoms with Crippen molar-refractivity contribution in [2.24, 2.45) is 11.8 Å². The van der Waals surface area contributed by atoms with Crippen LogP contribution in [0.3, 0.4) is 0 Å². The van der Waals surface area contributed by atoms with Crippen molar-refractivity contribution < 1.29 is 14.3 Å². The minimum Gasteiger partial charge on any atom is -0.388 e. The van der Waals surface area contributed by atoms with E-state index < -0.39 is 5.60 Å². The minimum absolute atomic E-state index is 0.168. The van der Waals surface area contributed by atoms with Gasteiger partial charge in [0.15, 0.2) is 0 Å². The van der Waals surface area contributed by atoms with Crippen LogP contribution in [-0.4, -0.2) is 49.4 Å². The third-order valence-electron chi connectivity index (χ3n) is 7.69. The van der Waals surface area contributed by atoms with Gasteiger partial charge in [-0.15, -0.1) is 0 Å². The maximum Gasteiger partial charge on any atom is 0.225 e. The fourth-order valence-corrected chi connectivity index (χ4v) is 5.27. The molecule has 37 heavy (non-hydrogen) atoms. The lowest BCUT2D eigenvalue weighted by Gasteiger charge is -2.38. The first-order valence-corrected chi connectivity index (χ1v) is 12.8. The van der Waals surface area contributed by atoms with Crippen molar-refractivity contribution in [2.75, 3.05) is 18.4 Å². The zero-order valence-corrected chi connectivity index (χ0v) is 20.8. The van der Waals surface area contributed by atoms with Gasteiger partial charge < -0.3 is 15.3 Å². The number of piperidine rings is 1. The summed E-state index contributed by atoms with van der Waals surface area (Å²) in [5.41, 5.74) is 3.27. The number of benzene rings is 2.